The van der Waals surface area contributed by atoms with Crippen molar-refractivity contribution in [3.8, 4) is 0 Å². The lowest BCUT2D eigenvalue weighted by atomic mass is 9.66. The largest absolute Gasteiger partial charge is 0.390 e. The summed E-state index contributed by atoms with van der Waals surface area (Å²) in [5.41, 5.74) is 2.76. The number of aliphatic hydroxyl groups is 1. The Balaban J connectivity index is 1.92. The highest BCUT2D eigenvalue weighted by Gasteiger charge is 2.53. The number of likely N-dealkylation sites (tertiary alicyclic amines) is 1. The van der Waals surface area contributed by atoms with E-state index >= 15 is 0 Å². The molecule has 0 bridgehead atoms. The average Bonchev–Trinajstić information content (AvgIpc) is 2.92. The highest BCUT2D eigenvalue weighted by atomic mass is 16.5. The molecule has 0 spiro atoms. The standard InChI is InChI=1S/C19H26N2O2/c1-18(2,22)13-9-19(23-4)14-6-5-7-15-17(14)12(10-20-15)8-16(19)21(3)11-13/h5-7,10,13,16,20,22H,8-9,11H2,1-4H3/t13-,16-,19+/m1/s1. The maximum absolute atomic E-state index is 10.6. The molecule has 2 aromatic rings. The molecule has 4 nitrogen and oxygen atoms in total. The van der Waals surface area contributed by atoms with E-state index < -0.39 is 5.60 Å². The van der Waals surface area contributed by atoms with E-state index in [1.807, 2.05) is 21.0 Å². The smallest absolute Gasteiger partial charge is 0.110 e. The van der Waals surface area contributed by atoms with E-state index in [2.05, 4.69) is 41.3 Å². The van der Waals surface area contributed by atoms with E-state index in [-0.39, 0.29) is 11.5 Å². The molecular formula is C19H26N2O2. The van der Waals surface area contributed by atoms with Crippen molar-refractivity contribution in [3.63, 3.8) is 0 Å². The van der Waals surface area contributed by atoms with Crippen molar-refractivity contribution in [2.24, 2.45) is 5.92 Å². The molecule has 1 saturated heterocycles. The molecule has 2 heterocycles. The summed E-state index contributed by atoms with van der Waals surface area (Å²) < 4.78 is 6.23. The van der Waals surface area contributed by atoms with Crippen LogP contribution < -0.4 is 0 Å². The van der Waals surface area contributed by atoms with Crippen LogP contribution in [0.25, 0.3) is 10.9 Å². The molecule has 2 aliphatic rings. The van der Waals surface area contributed by atoms with Crippen molar-refractivity contribution in [1.82, 2.24) is 9.88 Å². The Bertz CT molecular complexity index is 745. The minimum atomic E-state index is -0.711. The van der Waals surface area contributed by atoms with Gasteiger partial charge >= 0.3 is 0 Å². The number of nitrogens with zero attached hydrogens (tertiary/aromatic N) is 1. The molecule has 3 atom stereocenters. The zero-order valence-electron chi connectivity index (χ0n) is 14.4. The zero-order valence-corrected chi connectivity index (χ0v) is 14.4. The van der Waals surface area contributed by atoms with Crippen molar-refractivity contribution in [2.75, 3.05) is 20.7 Å². The molecular weight excluding hydrogens is 288 g/mol. The number of methoxy groups -OCH3 is 1. The van der Waals surface area contributed by atoms with Crippen LogP contribution in [0.2, 0.25) is 0 Å². The highest BCUT2D eigenvalue weighted by Crippen LogP contribution is 2.50. The van der Waals surface area contributed by atoms with E-state index in [1.165, 1.54) is 22.0 Å². The molecule has 0 radical (unpaired) electrons. The second-order valence-electron chi connectivity index (χ2n) is 7.85. The van der Waals surface area contributed by atoms with Crippen molar-refractivity contribution in [2.45, 2.75) is 43.9 Å². The van der Waals surface area contributed by atoms with E-state index in [0.717, 1.165) is 19.4 Å². The predicted octanol–water partition coefficient (Wildman–Crippen LogP) is 2.66. The summed E-state index contributed by atoms with van der Waals surface area (Å²) in [7, 11) is 3.98. The van der Waals surface area contributed by atoms with E-state index in [1.54, 1.807) is 0 Å². The molecule has 1 fully saturated rings. The van der Waals surface area contributed by atoms with Gasteiger partial charge in [0.1, 0.15) is 5.60 Å². The van der Waals surface area contributed by atoms with Gasteiger partial charge in [0.2, 0.25) is 0 Å². The lowest BCUT2D eigenvalue weighted by Crippen LogP contribution is -2.62. The topological polar surface area (TPSA) is 48.5 Å². The van der Waals surface area contributed by atoms with Crippen LogP contribution in [-0.2, 0) is 16.8 Å². The van der Waals surface area contributed by atoms with Gasteiger partial charge in [-0.2, -0.15) is 0 Å². The first kappa shape index (κ1) is 15.2. The van der Waals surface area contributed by atoms with Gasteiger partial charge < -0.3 is 14.8 Å². The fourth-order valence-corrected chi connectivity index (χ4v) is 4.79. The van der Waals surface area contributed by atoms with Gasteiger partial charge in [0.15, 0.2) is 0 Å². The number of aromatic nitrogens is 1. The maximum Gasteiger partial charge on any atom is 0.110 e. The molecule has 1 aliphatic heterocycles. The minimum absolute atomic E-state index is 0.180. The maximum atomic E-state index is 10.6. The number of likely N-dealkylation sites (N-methyl/N-ethyl adjacent to an activating group) is 1. The summed E-state index contributed by atoms with van der Waals surface area (Å²) in [6.45, 7) is 4.73. The van der Waals surface area contributed by atoms with E-state index in [9.17, 15) is 5.11 Å². The quantitative estimate of drug-likeness (QED) is 0.896. The molecule has 1 aliphatic carbocycles. The fraction of sp³-hybridized carbons (Fsp3) is 0.579. The Labute approximate surface area is 137 Å². The fourth-order valence-electron chi connectivity index (χ4n) is 4.79. The molecule has 124 valence electrons. The Morgan fingerprint density at radius 3 is 2.87 bits per heavy atom. The third kappa shape index (κ3) is 2.02. The van der Waals surface area contributed by atoms with Gasteiger partial charge in [-0.25, -0.2) is 0 Å². The highest BCUT2D eigenvalue weighted by molar-refractivity contribution is 5.88. The number of hydrogen-bond acceptors (Lipinski definition) is 3. The summed E-state index contributed by atoms with van der Waals surface area (Å²) in [6.07, 6.45) is 3.98. The monoisotopic (exact) mass is 314 g/mol. The number of piperidine rings is 1. The lowest BCUT2D eigenvalue weighted by molar-refractivity contribution is -0.154. The van der Waals surface area contributed by atoms with Gasteiger partial charge in [-0.15, -0.1) is 0 Å². The second kappa shape index (κ2) is 4.82. The summed E-state index contributed by atoms with van der Waals surface area (Å²) in [4.78, 5) is 5.78. The van der Waals surface area contributed by atoms with Crippen LogP contribution >= 0.6 is 0 Å². The summed E-state index contributed by atoms with van der Waals surface area (Å²) in [6, 6.07) is 6.75. The van der Waals surface area contributed by atoms with Gasteiger partial charge in [-0.1, -0.05) is 12.1 Å². The number of rotatable bonds is 2. The van der Waals surface area contributed by atoms with Crippen molar-refractivity contribution < 1.29 is 9.84 Å². The van der Waals surface area contributed by atoms with Gasteiger partial charge in [-0.05, 0) is 50.9 Å². The molecule has 4 heteroatoms. The van der Waals surface area contributed by atoms with Crippen LogP contribution in [0, 0.1) is 5.92 Å². The van der Waals surface area contributed by atoms with Crippen molar-refractivity contribution in [1.29, 1.82) is 0 Å². The Morgan fingerprint density at radius 2 is 2.17 bits per heavy atom. The third-order valence-corrected chi connectivity index (χ3v) is 6.15. The van der Waals surface area contributed by atoms with Crippen molar-refractivity contribution in [3.05, 3.63) is 35.5 Å². The van der Waals surface area contributed by atoms with Crippen LogP contribution in [0.1, 0.15) is 31.4 Å². The summed E-state index contributed by atoms with van der Waals surface area (Å²) in [5.74, 6) is 0.180. The SMILES string of the molecule is CO[C@]12C[C@@H](C(C)(C)O)CN(C)[C@@H]1Cc1c[nH]c3cccc2c13. The average molecular weight is 314 g/mol. The summed E-state index contributed by atoms with van der Waals surface area (Å²) in [5, 5.41) is 11.9. The molecule has 1 aromatic heterocycles. The number of fused-ring (bicyclic) bond motifs is 2. The number of aromatic amines is 1. The van der Waals surface area contributed by atoms with Crippen LogP contribution in [0.3, 0.4) is 0 Å². The molecule has 23 heavy (non-hydrogen) atoms. The number of ether oxygens (including phenoxy) is 1. The first-order chi connectivity index (χ1) is 10.9. The molecule has 0 saturated carbocycles. The number of H-pyrrole nitrogens is 1. The molecule has 1 aromatic carbocycles. The lowest BCUT2D eigenvalue weighted by Gasteiger charge is -2.55. The zero-order chi connectivity index (χ0) is 16.4. The van der Waals surface area contributed by atoms with Crippen LogP contribution in [0.15, 0.2) is 24.4 Å². The number of benzene rings is 1. The van der Waals surface area contributed by atoms with E-state index in [0.29, 0.717) is 6.04 Å². The van der Waals surface area contributed by atoms with Crippen LogP contribution in [0.5, 0.6) is 0 Å². The summed E-state index contributed by atoms with van der Waals surface area (Å²) >= 11 is 0. The van der Waals surface area contributed by atoms with Crippen LogP contribution in [-0.4, -0.2) is 47.3 Å². The Hall–Kier alpha value is -1.36. The first-order valence-corrected chi connectivity index (χ1v) is 8.44. The van der Waals surface area contributed by atoms with Crippen LogP contribution in [0.4, 0.5) is 0 Å². The normalized spacial score (nSPS) is 31.3. The number of nitrogens with one attached hydrogen (secondary N) is 1. The van der Waals surface area contributed by atoms with Gasteiger partial charge in [0.05, 0.1) is 5.60 Å². The van der Waals surface area contributed by atoms with Gasteiger partial charge in [-0.3, -0.25) is 4.90 Å². The van der Waals surface area contributed by atoms with E-state index in [4.69, 9.17) is 4.74 Å². The second-order valence-corrected chi connectivity index (χ2v) is 7.85. The van der Waals surface area contributed by atoms with Crippen molar-refractivity contribution >= 4 is 10.9 Å². The van der Waals surface area contributed by atoms with Gasteiger partial charge in [0, 0.05) is 42.7 Å². The predicted molar refractivity (Wildman–Crippen MR) is 91.5 cm³/mol. The number of hydrogen-bond donors (Lipinski definition) is 2. The molecule has 4 rings (SSSR count). The Morgan fingerprint density at radius 1 is 1.39 bits per heavy atom. The Kier molecular flexibility index (Phi) is 3.18. The third-order valence-electron chi connectivity index (χ3n) is 6.15. The first-order valence-electron chi connectivity index (χ1n) is 8.44. The minimum Gasteiger partial charge on any atom is -0.390 e. The molecule has 0 unspecified atom stereocenters. The molecule has 2 N–H and O–H groups in total. The van der Waals surface area contributed by atoms with Gasteiger partial charge in [0.25, 0.3) is 0 Å². The molecule has 0 amide bonds.